The van der Waals surface area contributed by atoms with Crippen molar-refractivity contribution in [3.05, 3.63) is 205 Å². The largest absolute Gasteiger partial charge is 0.343 e. The van der Waals surface area contributed by atoms with Gasteiger partial charge in [-0.05, 0) is 92.9 Å². The van der Waals surface area contributed by atoms with Gasteiger partial charge in [-0.15, -0.1) is 0 Å². The number of aryl methyl sites for hydroxylation is 2. The van der Waals surface area contributed by atoms with Gasteiger partial charge in [-0.2, -0.15) is 0 Å². The zero-order valence-electron chi connectivity index (χ0n) is 29.9. The van der Waals surface area contributed by atoms with Gasteiger partial charge in [0.25, 0.3) is 0 Å². The maximum absolute atomic E-state index is 3.44. The number of anilines is 4. The van der Waals surface area contributed by atoms with Crippen molar-refractivity contribution in [3.8, 4) is 11.1 Å². The van der Waals surface area contributed by atoms with Gasteiger partial charge in [-0.3, -0.25) is 0 Å². The van der Waals surface area contributed by atoms with Crippen LogP contribution in [0.15, 0.2) is 194 Å². The number of fused-ring (bicyclic) bond motifs is 8. The summed E-state index contributed by atoms with van der Waals surface area (Å²) < 4.78 is 5.56. The predicted octanol–water partition coefficient (Wildman–Crippen LogP) is 12.0. The normalized spacial score (nSPS) is 13.5. The van der Waals surface area contributed by atoms with Crippen molar-refractivity contribution in [3.63, 3.8) is 0 Å². The summed E-state index contributed by atoms with van der Waals surface area (Å²) in [5.74, 6) is 0. The first kappa shape index (κ1) is 31.3. The highest BCUT2D eigenvalue weighted by Gasteiger charge is 2.55. The Labute approximate surface area is 312 Å². The molecule has 0 spiro atoms. The van der Waals surface area contributed by atoms with Crippen molar-refractivity contribution in [1.29, 1.82) is 0 Å². The molecule has 252 valence electrons. The zero-order valence-corrected chi connectivity index (χ0v) is 30.9. The van der Waals surface area contributed by atoms with E-state index in [0.717, 1.165) is 0 Å². The third kappa shape index (κ3) is 4.78. The van der Waals surface area contributed by atoms with Crippen molar-refractivity contribution in [1.82, 2.24) is 0 Å². The van der Waals surface area contributed by atoms with Gasteiger partial charge >= 0.3 is 8.40 Å². The van der Waals surface area contributed by atoms with Gasteiger partial charge in [0.2, 0.25) is 0 Å². The number of rotatable bonds is 4. The lowest BCUT2D eigenvalue weighted by Gasteiger charge is -2.50. The van der Waals surface area contributed by atoms with Gasteiger partial charge in [-0.25, -0.2) is 0 Å². The van der Waals surface area contributed by atoms with Crippen LogP contribution in [-0.4, -0.2) is 8.40 Å². The van der Waals surface area contributed by atoms with Crippen molar-refractivity contribution < 1.29 is 0 Å². The molecule has 1 aliphatic rings. The summed E-state index contributed by atoms with van der Waals surface area (Å²) in [5.41, 5.74) is 9.77. The quantitative estimate of drug-likeness (QED) is 0.169. The molecular formula is C50H38N2Si. The monoisotopic (exact) mass is 694 g/mol. The van der Waals surface area contributed by atoms with Gasteiger partial charge in [-0.1, -0.05) is 169 Å². The fourth-order valence-electron chi connectivity index (χ4n) is 8.76. The minimum Gasteiger partial charge on any atom is -0.343 e. The second-order valence-corrected chi connectivity index (χ2v) is 17.6. The van der Waals surface area contributed by atoms with Crippen molar-refractivity contribution in [2.75, 3.05) is 9.13 Å². The first-order chi connectivity index (χ1) is 26.1. The van der Waals surface area contributed by atoms with Gasteiger partial charge in [0.1, 0.15) is 0 Å². The van der Waals surface area contributed by atoms with E-state index in [9.17, 15) is 0 Å². The predicted molar refractivity (Wildman–Crippen MR) is 229 cm³/mol. The average Bonchev–Trinajstić information content (AvgIpc) is 3.33. The molecule has 53 heavy (non-hydrogen) atoms. The summed E-state index contributed by atoms with van der Waals surface area (Å²) in [6, 6.07) is 73.0. The molecule has 2 nitrogen and oxygen atoms in total. The van der Waals surface area contributed by atoms with Crippen LogP contribution < -0.4 is 19.5 Å². The smallest absolute Gasteiger partial charge is 0.341 e. The molecule has 0 amide bonds. The van der Waals surface area contributed by atoms with Crippen LogP contribution in [0.5, 0.6) is 0 Å². The van der Waals surface area contributed by atoms with Crippen LogP contribution in [0.1, 0.15) is 11.1 Å². The van der Waals surface area contributed by atoms with E-state index in [0.29, 0.717) is 0 Å². The molecule has 0 atom stereocenters. The van der Waals surface area contributed by atoms with E-state index >= 15 is 0 Å². The fourth-order valence-corrected chi connectivity index (χ4v) is 14.0. The molecule has 0 radical (unpaired) electrons. The summed E-state index contributed by atoms with van der Waals surface area (Å²) >= 11 is 0. The van der Waals surface area contributed by atoms with E-state index in [4.69, 9.17) is 0 Å². The van der Waals surface area contributed by atoms with Crippen LogP contribution in [0.4, 0.5) is 22.7 Å². The third-order valence-corrected chi connectivity index (χ3v) is 15.7. The van der Waals surface area contributed by atoms with E-state index in [1.807, 2.05) is 0 Å². The van der Waals surface area contributed by atoms with Gasteiger partial charge in [0.05, 0.1) is 0 Å². The average molecular weight is 695 g/mol. The first-order valence-electron chi connectivity index (χ1n) is 18.4. The van der Waals surface area contributed by atoms with Crippen LogP contribution in [0.25, 0.3) is 43.4 Å². The Balaban J connectivity index is 1.53. The highest BCUT2D eigenvalue weighted by molar-refractivity contribution is 7.10. The van der Waals surface area contributed by atoms with Crippen molar-refractivity contribution >= 4 is 73.8 Å². The Morgan fingerprint density at radius 1 is 0.340 bits per heavy atom. The molecule has 0 fully saturated rings. The number of hydrogen-bond donors (Lipinski definition) is 0. The summed E-state index contributed by atoms with van der Waals surface area (Å²) in [7, 11) is -3.44. The van der Waals surface area contributed by atoms with Gasteiger partial charge < -0.3 is 9.13 Å². The topological polar surface area (TPSA) is 6.48 Å². The Morgan fingerprint density at radius 3 is 1.26 bits per heavy atom. The Morgan fingerprint density at radius 2 is 0.755 bits per heavy atom. The van der Waals surface area contributed by atoms with Crippen molar-refractivity contribution in [2.24, 2.45) is 0 Å². The lowest BCUT2D eigenvalue weighted by molar-refractivity contribution is 1.27. The SMILES string of the molecule is Cc1ccc(N2c3ccc4ccccc4c3-c3c(ccc4ccccc34)N(c3ccc(C)cc3)[Si]2(c2ccccc2)c2cccc3ccccc23)cc1. The standard InChI is InChI=1S/C50H38N2Si/c1-35-23-29-40(30-24-35)51-46-33-27-38-14-7-10-20-44(38)49(46)50-45-21-11-8-15-39(45)28-34-47(50)52(41-31-25-36(2)26-32-41)53(51,42-17-4-3-5-18-42)48-22-12-16-37-13-6-9-19-43(37)48/h3-34H,1-2H3. The fraction of sp³-hybridized carbons (Fsp3) is 0.0400. The van der Waals surface area contributed by atoms with E-state index < -0.39 is 8.40 Å². The van der Waals surface area contributed by atoms with E-state index in [1.165, 1.54) is 87.7 Å². The molecular weight excluding hydrogens is 657 g/mol. The highest BCUT2D eigenvalue weighted by atomic mass is 28.3. The molecule has 0 aromatic heterocycles. The molecule has 10 rings (SSSR count). The molecule has 0 saturated heterocycles. The molecule has 1 aliphatic heterocycles. The molecule has 0 unspecified atom stereocenters. The summed E-state index contributed by atoms with van der Waals surface area (Å²) in [5, 5.41) is 10.1. The van der Waals surface area contributed by atoms with Crippen molar-refractivity contribution in [2.45, 2.75) is 13.8 Å². The van der Waals surface area contributed by atoms with Crippen LogP contribution in [-0.2, 0) is 0 Å². The Kier molecular flexibility index (Phi) is 7.31. The second kappa shape index (κ2) is 12.4. The first-order valence-corrected chi connectivity index (χ1v) is 20.3. The minimum atomic E-state index is -3.44. The number of nitrogens with zero attached hydrogens (tertiary/aromatic N) is 2. The summed E-state index contributed by atoms with van der Waals surface area (Å²) in [4.78, 5) is 0. The molecule has 1 heterocycles. The van der Waals surface area contributed by atoms with Crippen LogP contribution >= 0.6 is 0 Å². The number of benzene rings is 9. The van der Waals surface area contributed by atoms with E-state index in [2.05, 4.69) is 217 Å². The van der Waals surface area contributed by atoms with Gasteiger partial charge in [0.15, 0.2) is 0 Å². The molecule has 3 heteroatoms. The minimum absolute atomic E-state index is 1.17. The third-order valence-electron chi connectivity index (χ3n) is 11.1. The molecule has 0 N–H and O–H groups in total. The molecule has 0 bridgehead atoms. The van der Waals surface area contributed by atoms with Crippen LogP contribution in [0, 0.1) is 13.8 Å². The van der Waals surface area contributed by atoms with E-state index in [-0.39, 0.29) is 0 Å². The van der Waals surface area contributed by atoms with Crippen LogP contribution in [0.2, 0.25) is 0 Å². The lowest BCUT2D eigenvalue weighted by Crippen LogP contribution is -2.78. The summed E-state index contributed by atoms with van der Waals surface area (Å²) in [6.45, 7) is 4.36. The maximum Gasteiger partial charge on any atom is 0.341 e. The number of hydrogen-bond acceptors (Lipinski definition) is 2. The van der Waals surface area contributed by atoms with Crippen LogP contribution in [0.3, 0.4) is 0 Å². The Bertz CT molecular complexity index is 2670. The molecule has 0 saturated carbocycles. The van der Waals surface area contributed by atoms with Gasteiger partial charge in [0, 0.05) is 33.9 Å². The molecule has 9 aromatic carbocycles. The lowest BCUT2D eigenvalue weighted by atomic mass is 9.90. The summed E-state index contributed by atoms with van der Waals surface area (Å²) in [6.07, 6.45) is 0. The zero-order chi connectivity index (χ0) is 35.5. The second-order valence-electron chi connectivity index (χ2n) is 14.3. The molecule has 0 aliphatic carbocycles. The molecule has 9 aromatic rings. The van der Waals surface area contributed by atoms with E-state index in [1.54, 1.807) is 0 Å². The maximum atomic E-state index is 2.78. The Hall–Kier alpha value is -6.42. The highest BCUT2D eigenvalue weighted by Crippen LogP contribution is 2.54.